The molecule has 1 fully saturated rings. The summed E-state index contributed by atoms with van der Waals surface area (Å²) in [5, 5.41) is 3.61. The van der Waals surface area contributed by atoms with Crippen LogP contribution >= 0.6 is 0 Å². The Kier molecular flexibility index (Phi) is 4.23. The zero-order chi connectivity index (χ0) is 13.8. The van der Waals surface area contributed by atoms with Gasteiger partial charge in [0.15, 0.2) is 0 Å². The summed E-state index contributed by atoms with van der Waals surface area (Å²) in [5.74, 6) is 0. The predicted molar refractivity (Wildman–Crippen MR) is 81.5 cm³/mol. The molecule has 0 saturated carbocycles. The molecule has 1 aromatic heterocycles. The molecule has 0 bridgehead atoms. The van der Waals surface area contributed by atoms with E-state index in [1.807, 2.05) is 6.07 Å². The third-order valence-electron chi connectivity index (χ3n) is 3.95. The summed E-state index contributed by atoms with van der Waals surface area (Å²) < 4.78 is 0. The first-order valence-corrected chi connectivity index (χ1v) is 7.47. The van der Waals surface area contributed by atoms with Crippen LogP contribution in [0, 0.1) is 0 Å². The highest BCUT2D eigenvalue weighted by Crippen LogP contribution is 2.14. The summed E-state index contributed by atoms with van der Waals surface area (Å²) in [6, 6.07) is 6.70. The summed E-state index contributed by atoms with van der Waals surface area (Å²) in [6.07, 6.45) is 6.21. The Morgan fingerprint density at radius 2 is 2.00 bits per heavy atom. The van der Waals surface area contributed by atoms with Gasteiger partial charge in [0.2, 0.25) is 0 Å². The molecule has 106 valence electrons. The summed E-state index contributed by atoms with van der Waals surface area (Å²) in [5.41, 5.74) is 3.21. The van der Waals surface area contributed by atoms with E-state index in [-0.39, 0.29) is 0 Å². The van der Waals surface area contributed by atoms with Gasteiger partial charge in [-0.3, -0.25) is 9.97 Å². The van der Waals surface area contributed by atoms with E-state index >= 15 is 0 Å². The van der Waals surface area contributed by atoms with Crippen molar-refractivity contribution in [1.82, 2.24) is 20.2 Å². The minimum absolute atomic E-state index is 0.500. The van der Waals surface area contributed by atoms with Gasteiger partial charge in [0, 0.05) is 31.5 Å². The molecule has 3 rings (SSSR count). The van der Waals surface area contributed by atoms with E-state index < -0.39 is 0 Å². The lowest BCUT2D eigenvalue weighted by molar-refractivity contribution is 0.298. The van der Waals surface area contributed by atoms with Gasteiger partial charge in [-0.25, -0.2) is 0 Å². The molecule has 0 aliphatic carbocycles. The first-order valence-electron chi connectivity index (χ1n) is 7.47. The lowest BCUT2D eigenvalue weighted by Gasteiger charge is -2.21. The second kappa shape index (κ2) is 6.29. The van der Waals surface area contributed by atoms with Crippen molar-refractivity contribution in [3.8, 4) is 0 Å². The smallest absolute Gasteiger partial charge is 0.0931 e. The highest BCUT2D eigenvalue weighted by Gasteiger charge is 2.14. The van der Waals surface area contributed by atoms with Gasteiger partial charge in [0.1, 0.15) is 0 Å². The number of rotatable bonds is 5. The van der Waals surface area contributed by atoms with Gasteiger partial charge in [-0.1, -0.05) is 12.1 Å². The SMILES string of the molecule is CC(CN1CCCC1)NCc1cccc2nccnc12. The average Bonchev–Trinajstić information content (AvgIpc) is 2.98. The quantitative estimate of drug-likeness (QED) is 0.904. The second-order valence-electron chi connectivity index (χ2n) is 5.63. The first kappa shape index (κ1) is 13.5. The predicted octanol–water partition coefficient (Wildman–Crippen LogP) is 2.20. The Balaban J connectivity index is 1.61. The molecule has 1 aliphatic heterocycles. The van der Waals surface area contributed by atoms with Crippen molar-refractivity contribution in [2.24, 2.45) is 0 Å². The van der Waals surface area contributed by atoms with Crippen LogP contribution in [0.1, 0.15) is 25.3 Å². The van der Waals surface area contributed by atoms with Gasteiger partial charge >= 0.3 is 0 Å². The molecule has 4 nitrogen and oxygen atoms in total. The van der Waals surface area contributed by atoms with E-state index in [1.54, 1.807) is 12.4 Å². The second-order valence-corrected chi connectivity index (χ2v) is 5.63. The number of aromatic nitrogens is 2. The molecule has 1 saturated heterocycles. The fourth-order valence-electron chi connectivity index (χ4n) is 2.90. The minimum atomic E-state index is 0.500. The van der Waals surface area contributed by atoms with Gasteiger partial charge in [-0.2, -0.15) is 0 Å². The van der Waals surface area contributed by atoms with E-state index in [4.69, 9.17) is 0 Å². The van der Waals surface area contributed by atoms with Gasteiger partial charge in [0.05, 0.1) is 11.0 Å². The van der Waals surface area contributed by atoms with Crippen LogP contribution in [-0.2, 0) is 6.54 Å². The molecule has 1 atom stereocenters. The third kappa shape index (κ3) is 3.14. The van der Waals surface area contributed by atoms with Crippen molar-refractivity contribution in [2.45, 2.75) is 32.4 Å². The van der Waals surface area contributed by atoms with Crippen molar-refractivity contribution in [1.29, 1.82) is 0 Å². The first-order chi connectivity index (χ1) is 9.83. The highest BCUT2D eigenvalue weighted by molar-refractivity contribution is 5.77. The zero-order valence-corrected chi connectivity index (χ0v) is 12.0. The van der Waals surface area contributed by atoms with E-state index in [0.717, 1.165) is 24.1 Å². The highest BCUT2D eigenvalue weighted by atomic mass is 15.2. The average molecular weight is 270 g/mol. The maximum absolute atomic E-state index is 4.45. The number of fused-ring (bicyclic) bond motifs is 1. The van der Waals surface area contributed by atoms with Crippen LogP contribution < -0.4 is 5.32 Å². The lowest BCUT2D eigenvalue weighted by atomic mass is 10.1. The van der Waals surface area contributed by atoms with Crippen molar-refractivity contribution >= 4 is 11.0 Å². The van der Waals surface area contributed by atoms with Crippen LogP contribution in [0.5, 0.6) is 0 Å². The van der Waals surface area contributed by atoms with E-state index in [0.29, 0.717) is 6.04 Å². The van der Waals surface area contributed by atoms with Crippen molar-refractivity contribution in [3.63, 3.8) is 0 Å². The Morgan fingerprint density at radius 1 is 1.20 bits per heavy atom. The van der Waals surface area contributed by atoms with Crippen molar-refractivity contribution in [2.75, 3.05) is 19.6 Å². The number of hydrogen-bond acceptors (Lipinski definition) is 4. The van der Waals surface area contributed by atoms with Gasteiger partial charge in [0.25, 0.3) is 0 Å². The normalized spacial score (nSPS) is 17.6. The molecule has 0 spiro atoms. The largest absolute Gasteiger partial charge is 0.309 e. The Morgan fingerprint density at radius 3 is 2.85 bits per heavy atom. The molecular formula is C16H22N4. The lowest BCUT2D eigenvalue weighted by Crippen LogP contribution is -2.37. The molecule has 1 aromatic carbocycles. The standard InChI is InChI=1S/C16H22N4/c1-13(12-20-9-2-3-10-20)19-11-14-5-4-6-15-16(14)18-8-7-17-15/h4-8,13,19H,2-3,9-12H2,1H3. The number of benzene rings is 1. The topological polar surface area (TPSA) is 41.0 Å². The minimum Gasteiger partial charge on any atom is -0.309 e. The Hall–Kier alpha value is -1.52. The molecule has 20 heavy (non-hydrogen) atoms. The van der Waals surface area contributed by atoms with E-state index in [1.165, 1.54) is 31.5 Å². The van der Waals surface area contributed by atoms with Crippen LogP contribution in [0.15, 0.2) is 30.6 Å². The monoisotopic (exact) mass is 270 g/mol. The molecule has 1 aliphatic rings. The molecule has 4 heteroatoms. The summed E-state index contributed by atoms with van der Waals surface area (Å²) >= 11 is 0. The number of nitrogens with zero attached hydrogens (tertiary/aromatic N) is 3. The summed E-state index contributed by atoms with van der Waals surface area (Å²) in [6.45, 7) is 6.76. The molecule has 1 unspecified atom stereocenters. The third-order valence-corrected chi connectivity index (χ3v) is 3.95. The molecule has 2 heterocycles. The number of nitrogens with one attached hydrogen (secondary N) is 1. The fraction of sp³-hybridized carbons (Fsp3) is 0.500. The summed E-state index contributed by atoms with van der Waals surface area (Å²) in [7, 11) is 0. The van der Waals surface area contributed by atoms with Crippen LogP contribution in [0.25, 0.3) is 11.0 Å². The van der Waals surface area contributed by atoms with Gasteiger partial charge in [-0.05, 0) is 44.5 Å². The van der Waals surface area contributed by atoms with E-state index in [9.17, 15) is 0 Å². The molecule has 0 radical (unpaired) electrons. The number of hydrogen-bond donors (Lipinski definition) is 1. The molecule has 2 aromatic rings. The van der Waals surface area contributed by atoms with Gasteiger partial charge in [-0.15, -0.1) is 0 Å². The molecule has 1 N–H and O–H groups in total. The van der Waals surface area contributed by atoms with Crippen LogP contribution in [0.4, 0.5) is 0 Å². The van der Waals surface area contributed by atoms with E-state index in [2.05, 4.69) is 39.2 Å². The maximum Gasteiger partial charge on any atom is 0.0931 e. The van der Waals surface area contributed by atoms with Crippen LogP contribution in [0.3, 0.4) is 0 Å². The van der Waals surface area contributed by atoms with Crippen molar-refractivity contribution < 1.29 is 0 Å². The van der Waals surface area contributed by atoms with Crippen LogP contribution in [-0.4, -0.2) is 40.5 Å². The summed E-state index contributed by atoms with van der Waals surface area (Å²) in [4.78, 5) is 11.3. The zero-order valence-electron chi connectivity index (χ0n) is 12.0. The van der Waals surface area contributed by atoms with Crippen molar-refractivity contribution in [3.05, 3.63) is 36.2 Å². The van der Waals surface area contributed by atoms with Crippen LogP contribution in [0.2, 0.25) is 0 Å². The maximum atomic E-state index is 4.45. The van der Waals surface area contributed by atoms with Gasteiger partial charge < -0.3 is 10.2 Å². The Bertz CT molecular complexity index is 558. The number of para-hydroxylation sites is 1. The number of likely N-dealkylation sites (tertiary alicyclic amines) is 1. The Labute approximate surface area is 120 Å². The molecule has 0 amide bonds. The fourth-order valence-corrected chi connectivity index (χ4v) is 2.90. The molecular weight excluding hydrogens is 248 g/mol.